The maximum absolute atomic E-state index is 12.7. The van der Waals surface area contributed by atoms with E-state index in [-0.39, 0.29) is 0 Å². The van der Waals surface area contributed by atoms with Crippen molar-refractivity contribution in [3.63, 3.8) is 0 Å². The molecule has 0 amide bonds. The predicted octanol–water partition coefficient (Wildman–Crippen LogP) is 6.84. The number of aromatic nitrogens is 3. The molecule has 0 N–H and O–H groups in total. The molecule has 3 aromatic carbocycles. The number of thiazole rings is 1. The van der Waals surface area contributed by atoms with Crippen LogP contribution in [0.15, 0.2) is 106 Å². The molecule has 0 saturated carbocycles. The van der Waals surface area contributed by atoms with Crippen molar-refractivity contribution >= 4 is 34.0 Å². The number of methoxy groups -OCH3 is 1. The van der Waals surface area contributed by atoms with Gasteiger partial charge < -0.3 is 9.15 Å². The number of rotatable bonds is 6. The number of hydrogen-bond acceptors (Lipinski definition) is 7. The molecule has 7 nitrogen and oxygen atoms in total. The first-order chi connectivity index (χ1) is 19.1. The Bertz CT molecular complexity index is 1930. The van der Waals surface area contributed by atoms with Crippen LogP contribution in [0.25, 0.3) is 50.8 Å². The van der Waals surface area contributed by atoms with Gasteiger partial charge in [0.05, 0.1) is 35.3 Å². The molecular weight excluding hydrogens is 508 g/mol. The van der Waals surface area contributed by atoms with Crippen LogP contribution >= 0.6 is 11.3 Å². The molecule has 188 valence electrons. The summed E-state index contributed by atoms with van der Waals surface area (Å²) in [6, 6.07) is 28.7. The number of hydrogen-bond donors (Lipinski definition) is 0. The zero-order chi connectivity index (χ0) is 26.8. The smallest absolute Gasteiger partial charge is 0.345 e. The van der Waals surface area contributed by atoms with Crippen molar-refractivity contribution in [2.45, 2.75) is 0 Å². The standard InChI is InChI=1S/C31H20N4O3S/c1-37-25-13-11-20(12-14-25)29-23(18-35(34-29)24-8-3-2-4-9-24)15-22(17-32)30-33-27(19-39-30)26-16-21-7-5-6-10-28(21)38-31(26)36/h2-16,18-19H,1H3/b22-15+. The maximum atomic E-state index is 12.7. The van der Waals surface area contributed by atoms with E-state index in [4.69, 9.17) is 14.3 Å². The van der Waals surface area contributed by atoms with Gasteiger partial charge in [-0.15, -0.1) is 11.3 Å². The fourth-order valence-electron chi connectivity index (χ4n) is 4.24. The molecule has 0 spiro atoms. The van der Waals surface area contributed by atoms with E-state index in [9.17, 15) is 10.1 Å². The molecule has 0 saturated heterocycles. The second-order valence-electron chi connectivity index (χ2n) is 8.63. The first-order valence-corrected chi connectivity index (χ1v) is 12.9. The van der Waals surface area contributed by atoms with E-state index in [0.717, 1.165) is 28.0 Å². The molecule has 3 aromatic heterocycles. The monoisotopic (exact) mass is 528 g/mol. The third kappa shape index (κ3) is 4.75. The minimum atomic E-state index is -0.473. The van der Waals surface area contributed by atoms with Crippen LogP contribution in [-0.2, 0) is 0 Å². The van der Waals surface area contributed by atoms with Gasteiger partial charge >= 0.3 is 5.63 Å². The van der Waals surface area contributed by atoms with Gasteiger partial charge in [0, 0.05) is 28.1 Å². The van der Waals surface area contributed by atoms with Gasteiger partial charge in [0.1, 0.15) is 22.4 Å². The first-order valence-electron chi connectivity index (χ1n) is 12.0. The van der Waals surface area contributed by atoms with Crippen molar-refractivity contribution in [2.24, 2.45) is 0 Å². The lowest BCUT2D eigenvalue weighted by molar-refractivity contribution is 0.415. The third-order valence-electron chi connectivity index (χ3n) is 6.20. The molecule has 0 aliphatic carbocycles. The summed E-state index contributed by atoms with van der Waals surface area (Å²) in [6.07, 6.45) is 3.66. The lowest BCUT2D eigenvalue weighted by Crippen LogP contribution is -2.02. The van der Waals surface area contributed by atoms with Gasteiger partial charge in [-0.1, -0.05) is 36.4 Å². The normalized spacial score (nSPS) is 11.4. The Balaban J connectivity index is 1.43. The number of fused-ring (bicyclic) bond motifs is 1. The maximum Gasteiger partial charge on any atom is 0.345 e. The van der Waals surface area contributed by atoms with Gasteiger partial charge in [-0.2, -0.15) is 10.4 Å². The number of para-hydroxylation sites is 2. The van der Waals surface area contributed by atoms with Gasteiger partial charge in [0.25, 0.3) is 0 Å². The molecule has 0 radical (unpaired) electrons. The molecule has 0 aliphatic rings. The molecule has 0 atom stereocenters. The van der Waals surface area contributed by atoms with Gasteiger partial charge in [0.15, 0.2) is 0 Å². The average molecular weight is 529 g/mol. The zero-order valence-electron chi connectivity index (χ0n) is 20.7. The summed E-state index contributed by atoms with van der Waals surface area (Å²) in [6.45, 7) is 0. The van der Waals surface area contributed by atoms with Crippen LogP contribution in [0.5, 0.6) is 5.75 Å². The highest BCUT2D eigenvalue weighted by Gasteiger charge is 2.16. The molecule has 6 aromatic rings. The molecule has 39 heavy (non-hydrogen) atoms. The summed E-state index contributed by atoms with van der Waals surface area (Å²) in [5.41, 5.74) is 4.45. The Morgan fingerprint density at radius 2 is 1.82 bits per heavy atom. The molecule has 3 heterocycles. The summed E-state index contributed by atoms with van der Waals surface area (Å²) >= 11 is 1.29. The number of nitrogens with zero attached hydrogens (tertiary/aromatic N) is 4. The van der Waals surface area contributed by atoms with E-state index < -0.39 is 5.63 Å². The third-order valence-corrected chi connectivity index (χ3v) is 7.07. The van der Waals surface area contributed by atoms with Crippen molar-refractivity contribution in [3.8, 4) is 40.0 Å². The molecule has 8 heteroatoms. The minimum Gasteiger partial charge on any atom is -0.497 e. The largest absolute Gasteiger partial charge is 0.497 e. The molecule has 0 aliphatic heterocycles. The summed E-state index contributed by atoms with van der Waals surface area (Å²) < 4.78 is 12.6. The average Bonchev–Trinajstić information content (AvgIpc) is 3.64. The van der Waals surface area contributed by atoms with Crippen molar-refractivity contribution in [2.75, 3.05) is 7.11 Å². The Hall–Kier alpha value is -5.26. The number of ether oxygens (including phenoxy) is 1. The second-order valence-corrected chi connectivity index (χ2v) is 9.49. The van der Waals surface area contributed by atoms with Crippen LogP contribution in [0.3, 0.4) is 0 Å². The molecule has 0 bridgehead atoms. The SMILES string of the molecule is COc1ccc(-c2nn(-c3ccccc3)cc2/C=C(\C#N)c2nc(-c3cc4ccccc4oc3=O)cs2)cc1. The lowest BCUT2D eigenvalue weighted by Gasteiger charge is -2.03. The summed E-state index contributed by atoms with van der Waals surface area (Å²) in [4.78, 5) is 17.3. The Labute approximate surface area is 227 Å². The molecule has 6 rings (SSSR count). The molecule has 0 unspecified atom stereocenters. The second kappa shape index (κ2) is 10.2. The predicted molar refractivity (Wildman–Crippen MR) is 153 cm³/mol. The minimum absolute atomic E-state index is 0.351. The number of benzene rings is 3. The van der Waals surface area contributed by atoms with Gasteiger partial charge in [0.2, 0.25) is 0 Å². The van der Waals surface area contributed by atoms with E-state index in [2.05, 4.69) is 11.1 Å². The van der Waals surface area contributed by atoms with Crippen LogP contribution in [-0.4, -0.2) is 21.9 Å². The Morgan fingerprint density at radius 1 is 1.05 bits per heavy atom. The summed E-state index contributed by atoms with van der Waals surface area (Å²) in [5, 5.41) is 18.0. The Kier molecular flexibility index (Phi) is 6.33. The zero-order valence-corrected chi connectivity index (χ0v) is 21.6. The van der Waals surface area contributed by atoms with Crippen molar-refractivity contribution < 1.29 is 9.15 Å². The van der Waals surface area contributed by atoms with Crippen LogP contribution < -0.4 is 10.4 Å². The van der Waals surface area contributed by atoms with Gasteiger partial charge in [-0.25, -0.2) is 14.5 Å². The fourth-order valence-corrected chi connectivity index (χ4v) is 5.02. The fraction of sp³-hybridized carbons (Fsp3) is 0.0323. The van der Waals surface area contributed by atoms with Crippen molar-refractivity contribution in [3.05, 3.63) is 117 Å². The van der Waals surface area contributed by atoms with E-state index in [1.807, 2.05) is 79.0 Å². The van der Waals surface area contributed by atoms with Crippen LogP contribution in [0.4, 0.5) is 0 Å². The van der Waals surface area contributed by atoms with Crippen molar-refractivity contribution in [1.29, 1.82) is 5.26 Å². The highest BCUT2D eigenvalue weighted by Crippen LogP contribution is 2.31. The van der Waals surface area contributed by atoms with E-state index in [0.29, 0.717) is 33.1 Å². The van der Waals surface area contributed by atoms with Crippen LogP contribution in [0.2, 0.25) is 0 Å². The van der Waals surface area contributed by atoms with E-state index in [1.165, 1.54) is 11.3 Å². The quantitative estimate of drug-likeness (QED) is 0.173. The van der Waals surface area contributed by atoms with Gasteiger partial charge in [-0.3, -0.25) is 0 Å². The summed E-state index contributed by atoms with van der Waals surface area (Å²) in [5.74, 6) is 0.740. The van der Waals surface area contributed by atoms with Crippen molar-refractivity contribution in [1.82, 2.24) is 14.8 Å². The van der Waals surface area contributed by atoms with Gasteiger partial charge in [-0.05, 0) is 54.6 Å². The summed E-state index contributed by atoms with van der Waals surface area (Å²) in [7, 11) is 1.62. The molecular formula is C31H20N4O3S. The Morgan fingerprint density at radius 3 is 2.59 bits per heavy atom. The van der Waals surface area contributed by atoms with E-state index >= 15 is 0 Å². The highest BCUT2D eigenvalue weighted by molar-refractivity contribution is 7.11. The van der Waals surface area contributed by atoms with E-state index in [1.54, 1.807) is 35.4 Å². The first kappa shape index (κ1) is 24.1. The topological polar surface area (TPSA) is 93.9 Å². The van der Waals surface area contributed by atoms with Crippen LogP contribution in [0.1, 0.15) is 10.6 Å². The lowest BCUT2D eigenvalue weighted by atomic mass is 10.1. The highest BCUT2D eigenvalue weighted by atomic mass is 32.1. The number of allylic oxidation sites excluding steroid dienone is 1. The molecule has 0 fully saturated rings. The number of nitriles is 1. The van der Waals surface area contributed by atoms with Crippen LogP contribution in [0, 0.1) is 11.3 Å².